The maximum absolute atomic E-state index is 11.3. The molecule has 1 atom stereocenters. The van der Waals surface area contributed by atoms with E-state index in [-0.39, 0.29) is 16.6 Å². The van der Waals surface area contributed by atoms with E-state index in [4.69, 9.17) is 9.16 Å². The van der Waals surface area contributed by atoms with Gasteiger partial charge >= 0.3 is 5.97 Å². The molecule has 1 saturated heterocycles. The fourth-order valence-corrected chi connectivity index (χ4v) is 3.39. The third-order valence-corrected chi connectivity index (χ3v) is 8.34. The van der Waals surface area contributed by atoms with Crippen LogP contribution in [-0.4, -0.2) is 26.5 Å². The lowest BCUT2D eigenvalue weighted by Gasteiger charge is -2.45. The first-order valence-corrected chi connectivity index (χ1v) is 8.82. The van der Waals surface area contributed by atoms with E-state index >= 15 is 0 Å². The summed E-state index contributed by atoms with van der Waals surface area (Å²) in [4.78, 5) is 11.3. The van der Waals surface area contributed by atoms with Crippen molar-refractivity contribution in [3.8, 4) is 0 Å². The molecule has 1 aliphatic heterocycles. The normalized spacial score (nSPS) is 27.8. The zero-order chi connectivity index (χ0) is 12.6. The second-order valence-corrected chi connectivity index (χ2v) is 11.2. The van der Waals surface area contributed by atoms with Crippen molar-refractivity contribution in [1.29, 1.82) is 0 Å². The molecule has 0 N–H and O–H groups in total. The molecule has 0 aromatic carbocycles. The third kappa shape index (κ3) is 3.07. The number of rotatable bonds is 2. The second kappa shape index (κ2) is 4.15. The zero-order valence-electron chi connectivity index (χ0n) is 11.3. The topological polar surface area (TPSA) is 35.5 Å². The number of ether oxygens (including phenoxy) is 1. The first-order valence-electron chi connectivity index (χ1n) is 5.92. The SMILES string of the molecule is CC1(O[Si](C)(C)C(C)(C)C)CCOC(=O)C1. The van der Waals surface area contributed by atoms with E-state index in [0.29, 0.717) is 13.0 Å². The summed E-state index contributed by atoms with van der Waals surface area (Å²) in [5.74, 6) is -0.132. The van der Waals surface area contributed by atoms with Gasteiger partial charge in [-0.2, -0.15) is 0 Å². The van der Waals surface area contributed by atoms with Gasteiger partial charge in [0, 0.05) is 6.42 Å². The van der Waals surface area contributed by atoms with E-state index in [1.807, 2.05) is 6.92 Å². The average molecular weight is 244 g/mol. The fourth-order valence-electron chi connectivity index (χ4n) is 1.68. The molecule has 0 aromatic rings. The van der Waals surface area contributed by atoms with Gasteiger partial charge in [-0.3, -0.25) is 4.79 Å². The molecular formula is C12H24O3Si. The van der Waals surface area contributed by atoms with Crippen molar-refractivity contribution in [2.24, 2.45) is 0 Å². The molecule has 1 unspecified atom stereocenters. The van der Waals surface area contributed by atoms with E-state index in [2.05, 4.69) is 33.9 Å². The van der Waals surface area contributed by atoms with Crippen LogP contribution in [0.2, 0.25) is 18.1 Å². The van der Waals surface area contributed by atoms with Gasteiger partial charge in [-0.25, -0.2) is 0 Å². The number of carbonyl (C=O) groups is 1. The van der Waals surface area contributed by atoms with Crippen LogP contribution in [0.3, 0.4) is 0 Å². The smallest absolute Gasteiger partial charge is 0.308 e. The molecule has 0 saturated carbocycles. The van der Waals surface area contributed by atoms with Crippen molar-refractivity contribution in [2.45, 2.75) is 64.3 Å². The van der Waals surface area contributed by atoms with E-state index in [1.54, 1.807) is 0 Å². The molecule has 0 radical (unpaired) electrons. The predicted octanol–water partition coefficient (Wildman–Crippen LogP) is 3.10. The van der Waals surface area contributed by atoms with Crippen LogP contribution < -0.4 is 0 Å². The van der Waals surface area contributed by atoms with Crippen molar-refractivity contribution in [3.05, 3.63) is 0 Å². The number of hydrogen-bond acceptors (Lipinski definition) is 3. The second-order valence-electron chi connectivity index (χ2n) is 6.46. The molecule has 1 aliphatic rings. The molecule has 3 nitrogen and oxygen atoms in total. The Labute approximate surface area is 99.6 Å². The zero-order valence-corrected chi connectivity index (χ0v) is 12.3. The van der Waals surface area contributed by atoms with Crippen LogP contribution in [0.5, 0.6) is 0 Å². The minimum atomic E-state index is -1.80. The van der Waals surface area contributed by atoms with Crippen molar-refractivity contribution < 1.29 is 14.0 Å². The monoisotopic (exact) mass is 244 g/mol. The van der Waals surface area contributed by atoms with Gasteiger partial charge in [-0.05, 0) is 25.1 Å². The molecule has 1 rings (SSSR count). The largest absolute Gasteiger partial charge is 0.465 e. The number of cyclic esters (lactones) is 1. The van der Waals surface area contributed by atoms with Gasteiger partial charge in [0.1, 0.15) is 0 Å². The molecule has 0 spiro atoms. The standard InChI is InChI=1S/C12H24O3Si/c1-11(2,3)16(5,6)15-12(4)7-8-14-10(13)9-12/h7-9H2,1-6H3. The average Bonchev–Trinajstić information content (AvgIpc) is 1.98. The summed E-state index contributed by atoms with van der Waals surface area (Å²) in [6, 6.07) is 0. The summed E-state index contributed by atoms with van der Waals surface area (Å²) < 4.78 is 11.3. The Bertz CT molecular complexity index is 280. The molecule has 1 fully saturated rings. The Balaban J connectivity index is 2.75. The van der Waals surface area contributed by atoms with Gasteiger partial charge in [0.05, 0.1) is 18.6 Å². The van der Waals surface area contributed by atoms with Gasteiger partial charge in [0.25, 0.3) is 0 Å². The van der Waals surface area contributed by atoms with E-state index in [9.17, 15) is 4.79 Å². The minimum Gasteiger partial charge on any atom is -0.465 e. The van der Waals surface area contributed by atoms with Crippen LogP contribution >= 0.6 is 0 Å². The first kappa shape index (κ1) is 13.7. The molecule has 0 aromatic heterocycles. The number of hydrogen-bond donors (Lipinski definition) is 0. The van der Waals surface area contributed by atoms with E-state index in [1.165, 1.54) is 0 Å². The third-order valence-electron chi connectivity index (χ3n) is 3.72. The van der Waals surface area contributed by atoms with Crippen molar-refractivity contribution >= 4 is 14.3 Å². The predicted molar refractivity (Wildman–Crippen MR) is 66.9 cm³/mol. The highest BCUT2D eigenvalue weighted by Crippen LogP contribution is 2.41. The van der Waals surface area contributed by atoms with E-state index < -0.39 is 8.32 Å². The van der Waals surface area contributed by atoms with Gasteiger partial charge < -0.3 is 9.16 Å². The quantitative estimate of drug-likeness (QED) is 0.553. The molecule has 16 heavy (non-hydrogen) atoms. The number of esters is 1. The summed E-state index contributed by atoms with van der Waals surface area (Å²) in [6.07, 6.45) is 1.20. The summed E-state index contributed by atoms with van der Waals surface area (Å²) in [5, 5.41) is 0.178. The van der Waals surface area contributed by atoms with Crippen LogP contribution in [0, 0.1) is 0 Å². The highest BCUT2D eigenvalue weighted by atomic mass is 28.4. The Morgan fingerprint density at radius 2 is 1.94 bits per heavy atom. The van der Waals surface area contributed by atoms with Crippen LogP contribution in [-0.2, 0) is 14.0 Å². The highest BCUT2D eigenvalue weighted by Gasteiger charge is 2.44. The first-order chi connectivity index (χ1) is 7.06. The molecule has 4 heteroatoms. The summed E-state index contributed by atoms with van der Waals surface area (Å²) >= 11 is 0. The van der Waals surface area contributed by atoms with E-state index in [0.717, 1.165) is 6.42 Å². The minimum absolute atomic E-state index is 0.132. The Kier molecular flexibility index (Phi) is 3.55. The van der Waals surface area contributed by atoms with Crippen LogP contribution in [0.1, 0.15) is 40.5 Å². The maximum Gasteiger partial charge on any atom is 0.308 e. The maximum atomic E-state index is 11.3. The van der Waals surface area contributed by atoms with Crippen LogP contribution in [0.4, 0.5) is 0 Å². The molecule has 0 aliphatic carbocycles. The van der Waals surface area contributed by atoms with Crippen molar-refractivity contribution in [3.63, 3.8) is 0 Å². The lowest BCUT2D eigenvalue weighted by atomic mass is 9.97. The van der Waals surface area contributed by atoms with Crippen molar-refractivity contribution in [2.75, 3.05) is 6.61 Å². The lowest BCUT2D eigenvalue weighted by molar-refractivity contribution is -0.156. The molecule has 1 heterocycles. The molecule has 94 valence electrons. The van der Waals surface area contributed by atoms with Gasteiger partial charge in [-0.15, -0.1) is 0 Å². The Morgan fingerprint density at radius 3 is 2.38 bits per heavy atom. The van der Waals surface area contributed by atoms with Gasteiger partial charge in [0.2, 0.25) is 0 Å². The van der Waals surface area contributed by atoms with Gasteiger partial charge in [0.15, 0.2) is 8.32 Å². The summed E-state index contributed by atoms with van der Waals surface area (Å²) in [5.41, 5.74) is -0.321. The van der Waals surface area contributed by atoms with Crippen molar-refractivity contribution in [1.82, 2.24) is 0 Å². The summed E-state index contributed by atoms with van der Waals surface area (Å²) in [6.45, 7) is 13.6. The Hall–Kier alpha value is -0.353. The Morgan fingerprint density at radius 1 is 1.38 bits per heavy atom. The fraction of sp³-hybridized carbons (Fsp3) is 0.917. The van der Waals surface area contributed by atoms with Crippen LogP contribution in [0.25, 0.3) is 0 Å². The van der Waals surface area contributed by atoms with Crippen LogP contribution in [0.15, 0.2) is 0 Å². The number of carbonyl (C=O) groups excluding carboxylic acids is 1. The lowest BCUT2D eigenvalue weighted by Crippen LogP contribution is -2.51. The molecule has 0 bridgehead atoms. The molecule has 0 amide bonds. The highest BCUT2D eigenvalue weighted by molar-refractivity contribution is 6.74. The van der Waals surface area contributed by atoms with Gasteiger partial charge in [-0.1, -0.05) is 20.8 Å². The summed E-state index contributed by atoms with van der Waals surface area (Å²) in [7, 11) is -1.80. The molecular weight excluding hydrogens is 220 g/mol.